The zero-order chi connectivity index (χ0) is 43.0. The molecule has 0 amide bonds. The Morgan fingerprint density at radius 3 is 1.18 bits per heavy atom. The average Bonchev–Trinajstić information content (AvgIpc) is 3.15. The van der Waals surface area contributed by atoms with Gasteiger partial charge in [-0.15, -0.1) is 0 Å². The van der Waals surface area contributed by atoms with E-state index in [9.17, 15) is 94.7 Å². The standard InChI is InChI=1S/C12H22O35S8.Ag/c13-48(14,15)37-1-4-6(43-51(22,23)24)8(45-53(28,29)30)9(46-54(31,32)33)11(40-4)42-12(3-39-50(19,20)21)10(47-55(34,35)36)7(44-52(25,26)27)5(41-12)2-38-49(16,17)18;/h4-11H,1-3H2,(H,13,14,15)(H,16,17,18)(H,19,20,21)(H,22,23,24)(H,25,26,27)(H,28,29,30)(H,31,32,33)(H,34,35,36);/t4-,5-,6-,7-,8+,9-,10+,11-,12+;/m1./s1. The maximum Gasteiger partial charge on any atom is 0.397 e. The van der Waals surface area contributed by atoms with Gasteiger partial charge in [-0.25, -0.2) is 33.5 Å². The first-order valence-corrected chi connectivity index (χ1v) is 23.2. The van der Waals surface area contributed by atoms with Crippen LogP contribution < -0.4 is 0 Å². The van der Waals surface area contributed by atoms with Crippen molar-refractivity contribution in [1.82, 2.24) is 0 Å². The average molecular weight is 1090 g/mol. The van der Waals surface area contributed by atoms with Gasteiger partial charge in [-0.1, -0.05) is 0 Å². The Labute approximate surface area is 329 Å². The monoisotopic (exact) mass is 1090 g/mol. The molecule has 0 aliphatic carbocycles. The van der Waals surface area contributed by atoms with E-state index in [1.54, 1.807) is 0 Å². The second-order valence-corrected chi connectivity index (χ2v) is 18.2. The van der Waals surface area contributed by atoms with Gasteiger partial charge in [0.15, 0.2) is 18.5 Å². The zero-order valence-corrected chi connectivity index (χ0v) is 33.4. The minimum Gasteiger partial charge on any atom is -0.341 e. The van der Waals surface area contributed by atoms with Gasteiger partial charge in [0.1, 0.15) is 37.1 Å². The van der Waals surface area contributed by atoms with Gasteiger partial charge in [0.2, 0.25) is 5.79 Å². The number of rotatable bonds is 21. The third-order valence-corrected chi connectivity index (χ3v) is 9.28. The molecular formula is C12H22AgO35S8. The Balaban J connectivity index is 0.0000157. The summed E-state index contributed by atoms with van der Waals surface area (Å²) in [7, 11) is -48.3. The van der Waals surface area contributed by atoms with Gasteiger partial charge in [0.05, 0.1) is 13.2 Å². The fourth-order valence-electron chi connectivity index (χ4n) is 4.24. The quantitative estimate of drug-likeness (QED) is 0.0391. The van der Waals surface area contributed by atoms with E-state index in [-0.39, 0.29) is 22.4 Å². The van der Waals surface area contributed by atoms with Crippen LogP contribution in [-0.4, -0.2) is 178 Å². The van der Waals surface area contributed by atoms with Crippen molar-refractivity contribution in [3.63, 3.8) is 0 Å². The molecule has 35 nitrogen and oxygen atoms in total. The molecule has 0 bridgehead atoms. The van der Waals surface area contributed by atoms with E-state index in [1.165, 1.54) is 0 Å². The van der Waals surface area contributed by atoms with Crippen molar-refractivity contribution < 1.29 is 174 Å². The van der Waals surface area contributed by atoms with Crippen LogP contribution in [-0.2, 0) is 153 Å². The molecule has 2 saturated heterocycles. The minimum absolute atomic E-state index is 0. The summed E-state index contributed by atoms with van der Waals surface area (Å²) in [5, 5.41) is 0. The van der Waals surface area contributed by atoms with Crippen molar-refractivity contribution in [2.24, 2.45) is 0 Å². The van der Waals surface area contributed by atoms with Gasteiger partial charge in [-0.05, 0) is 0 Å². The Morgan fingerprint density at radius 1 is 0.429 bits per heavy atom. The van der Waals surface area contributed by atoms with Crippen molar-refractivity contribution in [3.05, 3.63) is 0 Å². The van der Waals surface area contributed by atoms with Crippen LogP contribution in [0.4, 0.5) is 0 Å². The van der Waals surface area contributed by atoms with E-state index in [4.69, 9.17) is 23.3 Å². The van der Waals surface area contributed by atoms with Crippen LogP contribution >= 0.6 is 0 Å². The first-order chi connectivity index (χ1) is 24.2. The molecule has 0 aromatic carbocycles. The molecule has 0 unspecified atom stereocenters. The second kappa shape index (κ2) is 18.7. The predicted molar refractivity (Wildman–Crippen MR) is 152 cm³/mol. The Bertz CT molecular complexity index is 2280. The van der Waals surface area contributed by atoms with Crippen LogP contribution in [0.25, 0.3) is 0 Å². The molecule has 2 aliphatic heterocycles. The normalized spacial score (nSPS) is 30.1. The third kappa shape index (κ3) is 19.3. The maximum absolute atomic E-state index is 11.9. The van der Waals surface area contributed by atoms with Crippen molar-refractivity contribution in [2.75, 3.05) is 19.8 Å². The molecule has 0 saturated carbocycles. The molecule has 2 aliphatic rings. The molecule has 2 heterocycles. The fourth-order valence-corrected chi connectivity index (χ4v) is 7.68. The van der Waals surface area contributed by atoms with Crippen LogP contribution in [0.15, 0.2) is 0 Å². The van der Waals surface area contributed by atoms with Crippen LogP contribution in [0, 0.1) is 0 Å². The molecule has 8 N–H and O–H groups in total. The van der Waals surface area contributed by atoms with Crippen molar-refractivity contribution in [2.45, 2.75) is 54.8 Å². The van der Waals surface area contributed by atoms with E-state index in [0.717, 1.165) is 0 Å². The van der Waals surface area contributed by atoms with Gasteiger partial charge < -0.3 is 14.2 Å². The minimum atomic E-state index is -6.24. The molecule has 339 valence electrons. The molecule has 0 aromatic heterocycles. The van der Waals surface area contributed by atoms with Gasteiger partial charge in [0.25, 0.3) is 0 Å². The number of ether oxygens (including phenoxy) is 3. The number of hydrogen-bond acceptors (Lipinski definition) is 27. The first kappa shape index (κ1) is 53.6. The van der Waals surface area contributed by atoms with E-state index < -0.39 is 158 Å². The van der Waals surface area contributed by atoms with E-state index in [0.29, 0.717) is 0 Å². The van der Waals surface area contributed by atoms with E-state index >= 15 is 0 Å². The van der Waals surface area contributed by atoms with Crippen LogP contribution in [0.3, 0.4) is 0 Å². The molecule has 1 radical (unpaired) electrons. The van der Waals surface area contributed by atoms with E-state index in [1.807, 2.05) is 0 Å². The van der Waals surface area contributed by atoms with Crippen LogP contribution in [0.1, 0.15) is 0 Å². The summed E-state index contributed by atoms with van der Waals surface area (Å²) >= 11 is 0. The Hall–Kier alpha value is -0.420. The van der Waals surface area contributed by atoms with E-state index in [2.05, 4.69) is 33.5 Å². The predicted octanol–water partition coefficient (Wildman–Crippen LogP) is -6.78. The van der Waals surface area contributed by atoms with Crippen molar-refractivity contribution in [1.29, 1.82) is 0 Å². The summed E-state index contributed by atoms with van der Waals surface area (Å²) in [4.78, 5) is 0. The summed E-state index contributed by atoms with van der Waals surface area (Å²) in [6.07, 6.45) is -26.0. The molecule has 44 heteroatoms. The zero-order valence-electron chi connectivity index (χ0n) is 25.4. The SMILES string of the molecule is O=S(=O)(O)OC[C@H]1O[C@@](COS(=O)(=O)O)(O[C@H]2O[C@H](COS(=O)(=O)O)[C@@H](OS(=O)(=O)O)[C@H](OS(=O)(=O)O)[C@H]2OS(=O)(=O)O)[C@@H](OS(=O)(=O)O)[C@@H]1OS(=O)(=O)O.[Ag]. The molecule has 0 aromatic rings. The van der Waals surface area contributed by atoms with Gasteiger partial charge >= 0.3 is 83.2 Å². The molecule has 56 heavy (non-hydrogen) atoms. The molecule has 2 rings (SSSR count). The summed E-state index contributed by atoms with van der Waals surface area (Å²) < 4.78 is 307. The second-order valence-electron chi connectivity index (χ2n) is 9.64. The molecule has 2 fully saturated rings. The van der Waals surface area contributed by atoms with Crippen molar-refractivity contribution in [3.8, 4) is 0 Å². The number of hydrogen-bond donors (Lipinski definition) is 8. The van der Waals surface area contributed by atoms with Gasteiger partial charge in [-0.2, -0.15) is 67.3 Å². The molecule has 0 spiro atoms. The van der Waals surface area contributed by atoms with Crippen molar-refractivity contribution >= 4 is 83.2 Å². The maximum atomic E-state index is 11.9. The van der Waals surface area contributed by atoms with Crippen LogP contribution in [0.2, 0.25) is 0 Å². The van der Waals surface area contributed by atoms with Gasteiger partial charge in [-0.3, -0.25) is 36.4 Å². The Morgan fingerprint density at radius 2 is 0.786 bits per heavy atom. The first-order valence-electron chi connectivity index (χ1n) is 12.3. The topological polar surface area (TPSA) is 536 Å². The third-order valence-electron chi connectivity index (χ3n) is 5.68. The summed E-state index contributed by atoms with van der Waals surface area (Å²) in [6.45, 7) is -6.25. The van der Waals surface area contributed by atoms with Gasteiger partial charge in [0, 0.05) is 22.4 Å². The molecular weight excluding hydrogens is 1070 g/mol. The smallest absolute Gasteiger partial charge is 0.341 e. The fraction of sp³-hybridized carbons (Fsp3) is 1.00. The Kier molecular flexibility index (Phi) is 17.9. The summed E-state index contributed by atoms with van der Waals surface area (Å²) in [5.74, 6) is -4.12. The summed E-state index contributed by atoms with van der Waals surface area (Å²) in [6, 6.07) is 0. The summed E-state index contributed by atoms with van der Waals surface area (Å²) in [5.41, 5.74) is 0. The molecule has 9 atom stereocenters. The largest absolute Gasteiger partial charge is 0.397 e. The van der Waals surface area contributed by atoms with Crippen LogP contribution in [0.5, 0.6) is 0 Å².